The minimum absolute atomic E-state index is 0.122. The Labute approximate surface area is 126 Å². The molecule has 0 amide bonds. The van der Waals surface area contributed by atoms with E-state index in [1.165, 1.54) is 18.9 Å². The third kappa shape index (κ3) is 4.20. The van der Waals surface area contributed by atoms with Crippen molar-refractivity contribution in [2.24, 2.45) is 11.3 Å². The van der Waals surface area contributed by atoms with Crippen molar-refractivity contribution in [1.82, 2.24) is 5.32 Å². The maximum absolute atomic E-state index is 13.3. The van der Waals surface area contributed by atoms with Crippen molar-refractivity contribution in [1.29, 1.82) is 0 Å². The molecule has 1 aromatic carbocycles. The van der Waals surface area contributed by atoms with Gasteiger partial charge in [-0.3, -0.25) is 0 Å². The van der Waals surface area contributed by atoms with Crippen LogP contribution in [-0.4, -0.2) is 12.1 Å². The zero-order valence-corrected chi connectivity index (χ0v) is 13.6. The van der Waals surface area contributed by atoms with Gasteiger partial charge >= 0.3 is 0 Å². The van der Waals surface area contributed by atoms with Gasteiger partial charge in [-0.1, -0.05) is 24.6 Å². The first-order valence-electron chi connectivity index (χ1n) is 7.39. The van der Waals surface area contributed by atoms with Gasteiger partial charge in [-0.2, -0.15) is 0 Å². The highest BCUT2D eigenvalue weighted by Crippen LogP contribution is 2.47. The molecule has 3 heteroatoms. The van der Waals surface area contributed by atoms with Crippen LogP contribution in [0.5, 0.6) is 0 Å². The number of hydrogen-bond donors (Lipinski definition) is 1. The van der Waals surface area contributed by atoms with Crippen LogP contribution in [0.15, 0.2) is 18.2 Å². The molecule has 1 aliphatic rings. The maximum atomic E-state index is 13.3. The van der Waals surface area contributed by atoms with E-state index in [0.29, 0.717) is 0 Å². The van der Waals surface area contributed by atoms with E-state index >= 15 is 0 Å². The second-order valence-corrected chi connectivity index (χ2v) is 7.86. The van der Waals surface area contributed by atoms with Gasteiger partial charge in [0, 0.05) is 12.1 Å². The van der Waals surface area contributed by atoms with Crippen LogP contribution in [0.2, 0.25) is 5.02 Å². The number of benzene rings is 1. The van der Waals surface area contributed by atoms with Crippen LogP contribution in [0.4, 0.5) is 4.39 Å². The highest BCUT2D eigenvalue weighted by Gasteiger charge is 2.41. The number of nitrogens with one attached hydrogen (secondary N) is 1. The molecule has 1 unspecified atom stereocenters. The third-order valence-electron chi connectivity index (χ3n) is 4.18. The van der Waals surface area contributed by atoms with E-state index in [2.05, 4.69) is 33.0 Å². The molecule has 0 aromatic heterocycles. The minimum atomic E-state index is -0.337. The Hall–Kier alpha value is -0.600. The fraction of sp³-hybridized carbons (Fsp3) is 0.647. The first-order valence-corrected chi connectivity index (χ1v) is 7.76. The molecule has 0 spiro atoms. The van der Waals surface area contributed by atoms with Gasteiger partial charge in [0.15, 0.2) is 0 Å². The fourth-order valence-corrected chi connectivity index (χ4v) is 2.92. The average molecular weight is 298 g/mol. The first-order chi connectivity index (χ1) is 9.20. The number of hydrogen-bond acceptors (Lipinski definition) is 1. The second-order valence-electron chi connectivity index (χ2n) is 7.46. The molecule has 1 fully saturated rings. The van der Waals surface area contributed by atoms with E-state index in [-0.39, 0.29) is 21.8 Å². The Morgan fingerprint density at radius 3 is 2.40 bits per heavy atom. The van der Waals surface area contributed by atoms with E-state index in [1.807, 2.05) is 6.07 Å². The molecule has 0 saturated heterocycles. The van der Waals surface area contributed by atoms with Crippen molar-refractivity contribution in [2.45, 2.75) is 52.5 Å². The lowest BCUT2D eigenvalue weighted by Gasteiger charge is -2.34. The SMILES string of the molecule is CC(C)(C)NCC(C)(Cc1ccc(F)c(Cl)c1)C1CC1. The molecule has 1 atom stereocenters. The largest absolute Gasteiger partial charge is 0.312 e. The van der Waals surface area contributed by atoms with Gasteiger partial charge in [-0.15, -0.1) is 0 Å². The van der Waals surface area contributed by atoms with Gasteiger partial charge in [0.05, 0.1) is 5.02 Å². The summed E-state index contributed by atoms with van der Waals surface area (Å²) in [4.78, 5) is 0. The molecule has 112 valence electrons. The lowest BCUT2D eigenvalue weighted by atomic mass is 9.78. The number of halogens is 2. The van der Waals surface area contributed by atoms with Crippen LogP contribution in [0, 0.1) is 17.2 Å². The normalized spacial score (nSPS) is 18.9. The van der Waals surface area contributed by atoms with Crippen LogP contribution in [0.25, 0.3) is 0 Å². The molecule has 2 rings (SSSR count). The van der Waals surface area contributed by atoms with E-state index in [4.69, 9.17) is 11.6 Å². The summed E-state index contributed by atoms with van der Waals surface area (Å²) < 4.78 is 13.3. The monoisotopic (exact) mass is 297 g/mol. The number of rotatable bonds is 5. The molecule has 1 aromatic rings. The smallest absolute Gasteiger partial charge is 0.141 e. The van der Waals surface area contributed by atoms with Crippen LogP contribution in [-0.2, 0) is 6.42 Å². The van der Waals surface area contributed by atoms with Crippen molar-refractivity contribution in [3.8, 4) is 0 Å². The second kappa shape index (κ2) is 5.65. The highest BCUT2D eigenvalue weighted by molar-refractivity contribution is 6.30. The van der Waals surface area contributed by atoms with E-state index in [0.717, 1.165) is 24.4 Å². The molecule has 20 heavy (non-hydrogen) atoms. The van der Waals surface area contributed by atoms with Gasteiger partial charge < -0.3 is 5.32 Å². The molecule has 1 saturated carbocycles. The topological polar surface area (TPSA) is 12.0 Å². The summed E-state index contributed by atoms with van der Waals surface area (Å²) in [5, 5.41) is 3.85. The van der Waals surface area contributed by atoms with Gasteiger partial charge in [-0.05, 0) is 69.1 Å². The lowest BCUT2D eigenvalue weighted by molar-refractivity contribution is 0.227. The van der Waals surface area contributed by atoms with Crippen LogP contribution in [0.1, 0.15) is 46.1 Å². The van der Waals surface area contributed by atoms with Crippen LogP contribution >= 0.6 is 11.6 Å². The first kappa shape index (κ1) is 15.8. The molecule has 0 heterocycles. The molecule has 1 aliphatic carbocycles. The summed E-state index contributed by atoms with van der Waals surface area (Å²) >= 11 is 5.90. The van der Waals surface area contributed by atoms with Crippen molar-refractivity contribution in [3.63, 3.8) is 0 Å². The van der Waals surface area contributed by atoms with Gasteiger partial charge in [-0.25, -0.2) is 4.39 Å². The Morgan fingerprint density at radius 1 is 1.25 bits per heavy atom. The van der Waals surface area contributed by atoms with E-state index < -0.39 is 0 Å². The summed E-state index contributed by atoms with van der Waals surface area (Å²) in [6.45, 7) is 9.88. The van der Waals surface area contributed by atoms with Gasteiger partial charge in [0.2, 0.25) is 0 Å². The summed E-state index contributed by atoms with van der Waals surface area (Å²) in [5.74, 6) is 0.428. The highest BCUT2D eigenvalue weighted by atomic mass is 35.5. The van der Waals surface area contributed by atoms with E-state index in [1.54, 1.807) is 6.07 Å². The van der Waals surface area contributed by atoms with Crippen LogP contribution in [0.3, 0.4) is 0 Å². The molecule has 0 aliphatic heterocycles. The molecule has 1 nitrogen and oxygen atoms in total. The van der Waals surface area contributed by atoms with Crippen molar-refractivity contribution in [3.05, 3.63) is 34.6 Å². The standard InChI is InChI=1S/C17H25ClFN/c1-16(2,3)20-11-17(4,13-6-7-13)10-12-5-8-15(19)14(18)9-12/h5,8-9,13,20H,6-7,10-11H2,1-4H3. The van der Waals surface area contributed by atoms with Gasteiger partial charge in [0.1, 0.15) is 5.82 Å². The Balaban J connectivity index is 2.10. The zero-order chi connectivity index (χ0) is 15.0. The molecule has 1 N–H and O–H groups in total. The predicted octanol–water partition coefficient (Wildman–Crippen LogP) is 4.83. The predicted molar refractivity (Wildman–Crippen MR) is 83.7 cm³/mol. The van der Waals surface area contributed by atoms with E-state index in [9.17, 15) is 4.39 Å². The zero-order valence-electron chi connectivity index (χ0n) is 12.9. The van der Waals surface area contributed by atoms with Crippen molar-refractivity contribution < 1.29 is 4.39 Å². The Bertz CT molecular complexity index is 476. The fourth-order valence-electron chi connectivity index (χ4n) is 2.71. The van der Waals surface area contributed by atoms with Crippen LogP contribution < -0.4 is 5.32 Å². The van der Waals surface area contributed by atoms with Crippen molar-refractivity contribution >= 4 is 11.6 Å². The summed E-state index contributed by atoms with van der Waals surface area (Å²) in [5.41, 5.74) is 1.46. The summed E-state index contributed by atoms with van der Waals surface area (Å²) in [6, 6.07) is 5.11. The lowest BCUT2D eigenvalue weighted by Crippen LogP contribution is -2.44. The minimum Gasteiger partial charge on any atom is -0.312 e. The van der Waals surface area contributed by atoms with Gasteiger partial charge in [0.25, 0.3) is 0 Å². The molecular formula is C17H25ClFN. The quantitative estimate of drug-likeness (QED) is 0.821. The summed E-state index contributed by atoms with van der Waals surface area (Å²) in [7, 11) is 0. The third-order valence-corrected chi connectivity index (χ3v) is 4.47. The summed E-state index contributed by atoms with van der Waals surface area (Å²) in [6.07, 6.45) is 3.55. The maximum Gasteiger partial charge on any atom is 0.141 e. The molecular weight excluding hydrogens is 273 g/mol. The Morgan fingerprint density at radius 2 is 1.90 bits per heavy atom. The molecule has 0 bridgehead atoms. The Kier molecular flexibility index (Phi) is 4.46. The van der Waals surface area contributed by atoms with Crippen molar-refractivity contribution in [2.75, 3.05) is 6.54 Å². The average Bonchev–Trinajstić information content (AvgIpc) is 3.15. The molecule has 0 radical (unpaired) electrons.